The van der Waals surface area contributed by atoms with Crippen LogP contribution in [-0.4, -0.2) is 71.6 Å². The predicted octanol–water partition coefficient (Wildman–Crippen LogP) is 2.07. The van der Waals surface area contributed by atoms with Crippen molar-refractivity contribution < 1.29 is 0 Å². The van der Waals surface area contributed by atoms with Gasteiger partial charge in [0, 0.05) is 45.6 Å². The minimum atomic E-state index is 0.469. The number of hydrogen-bond acceptors (Lipinski definition) is 3. The van der Waals surface area contributed by atoms with E-state index in [0.29, 0.717) is 17.9 Å². The van der Waals surface area contributed by atoms with Crippen LogP contribution in [0.15, 0.2) is 23.7 Å². The minimum absolute atomic E-state index is 0.469. The van der Waals surface area contributed by atoms with Gasteiger partial charge in [-0.25, -0.2) is 4.98 Å². The molecule has 0 bridgehead atoms. The van der Waals surface area contributed by atoms with E-state index in [1.54, 1.807) is 0 Å². The van der Waals surface area contributed by atoms with E-state index in [9.17, 15) is 0 Å². The molecular weight excluding hydrogens is 312 g/mol. The topological polar surface area (TPSA) is 48.7 Å². The largest absolute Gasteiger partial charge is 0.356 e. The lowest BCUT2D eigenvalue weighted by atomic mass is 9.93. The number of nitrogens with zero attached hydrogens (tertiary/aromatic N) is 5. The highest BCUT2D eigenvalue weighted by atomic mass is 15.3. The van der Waals surface area contributed by atoms with Crippen molar-refractivity contribution in [3.63, 3.8) is 0 Å². The number of aliphatic imine (C=N–C) groups is 1. The van der Waals surface area contributed by atoms with Gasteiger partial charge in [0.2, 0.25) is 0 Å². The lowest BCUT2D eigenvalue weighted by molar-refractivity contribution is 0.188. The molecule has 2 saturated heterocycles. The summed E-state index contributed by atoms with van der Waals surface area (Å²) >= 11 is 0. The fourth-order valence-electron chi connectivity index (χ4n) is 4.16. The minimum Gasteiger partial charge on any atom is -0.356 e. The molecule has 25 heavy (non-hydrogen) atoms. The first-order chi connectivity index (χ1) is 12.2. The predicted molar refractivity (Wildman–Crippen MR) is 103 cm³/mol. The van der Waals surface area contributed by atoms with Crippen LogP contribution in [0.2, 0.25) is 0 Å². The lowest BCUT2D eigenvalue weighted by Gasteiger charge is -2.39. The van der Waals surface area contributed by atoms with Crippen molar-refractivity contribution in [3.8, 4) is 0 Å². The Hall–Kier alpha value is -1.56. The molecule has 2 aliphatic rings. The summed E-state index contributed by atoms with van der Waals surface area (Å²) in [5, 5.41) is 3.62. The first kappa shape index (κ1) is 18.2. The summed E-state index contributed by atoms with van der Waals surface area (Å²) in [5.74, 6) is 2.35. The van der Waals surface area contributed by atoms with Gasteiger partial charge in [-0.2, -0.15) is 0 Å². The van der Waals surface area contributed by atoms with Crippen molar-refractivity contribution in [1.82, 2.24) is 24.7 Å². The normalized spacial score (nSPS) is 26.8. The third-order valence-electron chi connectivity index (χ3n) is 5.72. The summed E-state index contributed by atoms with van der Waals surface area (Å²) in [5.41, 5.74) is 0. The van der Waals surface area contributed by atoms with E-state index in [1.165, 1.54) is 38.9 Å². The highest BCUT2D eigenvalue weighted by molar-refractivity contribution is 5.80. The van der Waals surface area contributed by atoms with Crippen LogP contribution in [0.1, 0.15) is 39.2 Å². The lowest BCUT2D eigenvalue weighted by Crippen LogP contribution is -2.50. The van der Waals surface area contributed by atoms with Gasteiger partial charge >= 0.3 is 0 Å². The van der Waals surface area contributed by atoms with Gasteiger partial charge in [-0.3, -0.25) is 4.99 Å². The van der Waals surface area contributed by atoms with Gasteiger partial charge in [0.1, 0.15) is 0 Å². The number of piperidine rings is 1. The second-order valence-electron chi connectivity index (χ2n) is 7.83. The maximum absolute atomic E-state index is 4.55. The molecule has 3 atom stereocenters. The molecule has 0 amide bonds. The summed E-state index contributed by atoms with van der Waals surface area (Å²) in [7, 11) is 1.90. The molecule has 2 aliphatic heterocycles. The first-order valence-electron chi connectivity index (χ1n) is 9.82. The molecule has 6 nitrogen and oxygen atoms in total. The average molecular weight is 347 g/mol. The Bertz CT molecular complexity index is 534. The van der Waals surface area contributed by atoms with Crippen LogP contribution in [-0.2, 0) is 0 Å². The van der Waals surface area contributed by atoms with Gasteiger partial charge in [0.05, 0.1) is 12.4 Å². The number of nitrogens with one attached hydrogen (secondary N) is 1. The maximum Gasteiger partial charge on any atom is 0.193 e. The maximum atomic E-state index is 4.55. The van der Waals surface area contributed by atoms with E-state index < -0.39 is 0 Å². The van der Waals surface area contributed by atoms with E-state index >= 15 is 0 Å². The van der Waals surface area contributed by atoms with Gasteiger partial charge in [-0.15, -0.1) is 0 Å². The van der Waals surface area contributed by atoms with Crippen molar-refractivity contribution >= 4 is 5.96 Å². The molecule has 1 aromatic rings. The Morgan fingerprint density at radius 3 is 2.80 bits per heavy atom. The van der Waals surface area contributed by atoms with Crippen LogP contribution in [0, 0.1) is 11.8 Å². The summed E-state index contributed by atoms with van der Waals surface area (Å²) in [6.07, 6.45) is 9.82. The van der Waals surface area contributed by atoms with Crippen LogP contribution in [0.25, 0.3) is 0 Å². The number of guanidine groups is 1. The van der Waals surface area contributed by atoms with Crippen LogP contribution in [0.3, 0.4) is 0 Å². The monoisotopic (exact) mass is 346 g/mol. The molecule has 1 aromatic heterocycles. The van der Waals surface area contributed by atoms with Crippen molar-refractivity contribution in [2.24, 2.45) is 16.8 Å². The second kappa shape index (κ2) is 8.70. The molecular formula is C19H34N6. The summed E-state index contributed by atoms with van der Waals surface area (Å²) in [4.78, 5) is 13.8. The third-order valence-corrected chi connectivity index (χ3v) is 5.72. The molecule has 3 unspecified atom stereocenters. The Balaban J connectivity index is 1.51. The van der Waals surface area contributed by atoms with Gasteiger partial charge in [-0.1, -0.05) is 13.8 Å². The molecule has 0 spiro atoms. The van der Waals surface area contributed by atoms with E-state index in [4.69, 9.17) is 0 Å². The van der Waals surface area contributed by atoms with Crippen LogP contribution < -0.4 is 5.32 Å². The van der Waals surface area contributed by atoms with Gasteiger partial charge in [0.25, 0.3) is 0 Å². The standard InChI is InChI=1S/C19H34N6/c1-16(13-23-8-4-5-9-23)12-22-19(20-3)24-10-6-17(2)18(14-24)25-11-7-21-15-25/h7,11,15-18H,4-6,8-10,12-14H2,1-3H3,(H,20,22). The number of hydrogen-bond donors (Lipinski definition) is 1. The van der Waals surface area contributed by atoms with Crippen molar-refractivity contribution in [2.75, 3.05) is 46.3 Å². The molecule has 3 heterocycles. The molecule has 0 saturated carbocycles. The first-order valence-corrected chi connectivity index (χ1v) is 9.82. The molecule has 140 valence electrons. The van der Waals surface area contributed by atoms with Crippen molar-refractivity contribution in [1.29, 1.82) is 0 Å². The fraction of sp³-hybridized carbons (Fsp3) is 0.789. The molecule has 2 fully saturated rings. The third kappa shape index (κ3) is 4.75. The molecule has 0 aliphatic carbocycles. The Morgan fingerprint density at radius 2 is 2.12 bits per heavy atom. The van der Waals surface area contributed by atoms with Crippen LogP contribution in [0.4, 0.5) is 0 Å². The smallest absolute Gasteiger partial charge is 0.193 e. The summed E-state index contributed by atoms with van der Waals surface area (Å²) in [6, 6.07) is 0.469. The zero-order valence-corrected chi connectivity index (χ0v) is 16.1. The fourth-order valence-corrected chi connectivity index (χ4v) is 4.16. The van der Waals surface area contributed by atoms with Gasteiger partial charge in [-0.05, 0) is 44.2 Å². The van der Waals surface area contributed by atoms with Crippen LogP contribution >= 0.6 is 0 Å². The second-order valence-corrected chi connectivity index (χ2v) is 7.83. The van der Waals surface area contributed by atoms with E-state index in [2.05, 4.69) is 49.7 Å². The van der Waals surface area contributed by atoms with Gasteiger partial charge in [0.15, 0.2) is 5.96 Å². The quantitative estimate of drug-likeness (QED) is 0.655. The molecule has 3 rings (SSSR count). The van der Waals surface area contributed by atoms with Gasteiger partial charge < -0.3 is 19.7 Å². The number of aromatic nitrogens is 2. The van der Waals surface area contributed by atoms with Crippen LogP contribution in [0.5, 0.6) is 0 Å². The van der Waals surface area contributed by atoms with E-state index in [-0.39, 0.29) is 0 Å². The van der Waals surface area contributed by atoms with E-state index in [1.807, 2.05) is 19.6 Å². The Kier molecular flexibility index (Phi) is 6.34. The Morgan fingerprint density at radius 1 is 1.32 bits per heavy atom. The number of likely N-dealkylation sites (tertiary alicyclic amines) is 2. The van der Waals surface area contributed by atoms with Crippen molar-refractivity contribution in [3.05, 3.63) is 18.7 Å². The van der Waals surface area contributed by atoms with Crippen molar-refractivity contribution in [2.45, 2.75) is 39.2 Å². The molecule has 0 radical (unpaired) electrons. The average Bonchev–Trinajstić information content (AvgIpc) is 3.30. The number of imidazole rings is 1. The highest BCUT2D eigenvalue weighted by Gasteiger charge is 2.29. The molecule has 6 heteroatoms. The number of rotatable bonds is 5. The summed E-state index contributed by atoms with van der Waals surface area (Å²) in [6.45, 7) is 11.5. The SMILES string of the molecule is CN=C(NCC(C)CN1CCCC1)N1CCC(C)C(n2ccnc2)C1. The molecule has 0 aromatic carbocycles. The molecule has 1 N–H and O–H groups in total. The zero-order valence-electron chi connectivity index (χ0n) is 16.1. The zero-order chi connectivity index (χ0) is 17.6. The highest BCUT2D eigenvalue weighted by Crippen LogP contribution is 2.27. The Labute approximate surface area is 152 Å². The summed E-state index contributed by atoms with van der Waals surface area (Å²) < 4.78 is 2.25. The van der Waals surface area contributed by atoms with E-state index in [0.717, 1.165) is 25.6 Å².